The normalized spacial score (nSPS) is 24.0. The van der Waals surface area contributed by atoms with Crippen LogP contribution in [0.1, 0.15) is 32.6 Å². The zero-order valence-corrected chi connectivity index (χ0v) is 15.4. The molecule has 2 aliphatic heterocycles. The maximum atomic E-state index is 13.9. The van der Waals surface area contributed by atoms with Gasteiger partial charge in [0.05, 0.1) is 5.60 Å². The van der Waals surface area contributed by atoms with Gasteiger partial charge in [0.15, 0.2) is 0 Å². The van der Waals surface area contributed by atoms with Crippen LogP contribution in [0.25, 0.3) is 0 Å². The number of sulfonamides is 1. The van der Waals surface area contributed by atoms with Gasteiger partial charge in [-0.15, -0.1) is 0 Å². The van der Waals surface area contributed by atoms with Crippen LogP contribution in [0.3, 0.4) is 0 Å². The second kappa shape index (κ2) is 7.70. The van der Waals surface area contributed by atoms with Gasteiger partial charge in [-0.25, -0.2) is 12.8 Å². The van der Waals surface area contributed by atoms with Crippen LogP contribution in [0.4, 0.5) is 4.39 Å². The molecule has 2 aliphatic rings. The molecule has 3 rings (SSSR count). The number of nitrogens with zero attached hydrogens (tertiary/aromatic N) is 1. The number of halogens is 1. The maximum absolute atomic E-state index is 13.9. The number of hydrogen-bond acceptors (Lipinski definition) is 4. The predicted octanol–water partition coefficient (Wildman–Crippen LogP) is 2.81. The molecule has 0 aromatic heterocycles. The molecule has 1 aromatic rings. The molecule has 1 spiro atoms. The van der Waals surface area contributed by atoms with Crippen molar-refractivity contribution in [1.29, 1.82) is 0 Å². The molecular formula is C18H26FNO4S. The molecule has 0 unspecified atom stereocenters. The highest BCUT2D eigenvalue weighted by molar-refractivity contribution is 7.89. The summed E-state index contributed by atoms with van der Waals surface area (Å²) in [4.78, 5) is -0.244. The molecular weight excluding hydrogens is 345 g/mol. The minimum atomic E-state index is -3.80. The molecule has 2 fully saturated rings. The number of piperidine rings is 1. The van der Waals surface area contributed by atoms with E-state index >= 15 is 0 Å². The van der Waals surface area contributed by atoms with E-state index in [1.807, 2.05) is 6.92 Å². The Morgan fingerprint density at radius 1 is 1.32 bits per heavy atom. The molecule has 140 valence electrons. The summed E-state index contributed by atoms with van der Waals surface area (Å²) in [6, 6.07) is 5.55. The fourth-order valence-corrected chi connectivity index (χ4v) is 5.52. The van der Waals surface area contributed by atoms with Gasteiger partial charge in [-0.1, -0.05) is 12.1 Å². The van der Waals surface area contributed by atoms with Crippen LogP contribution >= 0.6 is 0 Å². The molecule has 1 aromatic carbocycles. The van der Waals surface area contributed by atoms with Gasteiger partial charge in [0.1, 0.15) is 10.7 Å². The SMILES string of the molecule is CCOCC[C@@H]1CCOC12CCN(S(=O)(=O)c1ccccc1F)CC2. The van der Waals surface area contributed by atoms with E-state index in [0.29, 0.717) is 45.1 Å². The van der Waals surface area contributed by atoms with Crippen molar-refractivity contribution >= 4 is 10.0 Å². The zero-order chi connectivity index (χ0) is 17.9. The first-order chi connectivity index (χ1) is 12.0. The second-order valence-electron chi connectivity index (χ2n) is 6.72. The van der Waals surface area contributed by atoms with Gasteiger partial charge in [0.2, 0.25) is 10.0 Å². The van der Waals surface area contributed by atoms with Gasteiger partial charge < -0.3 is 9.47 Å². The number of ether oxygens (including phenoxy) is 2. The largest absolute Gasteiger partial charge is 0.382 e. The molecule has 0 aliphatic carbocycles. The van der Waals surface area contributed by atoms with Crippen molar-refractivity contribution in [2.75, 3.05) is 32.9 Å². The van der Waals surface area contributed by atoms with E-state index < -0.39 is 15.8 Å². The average Bonchev–Trinajstić information content (AvgIpc) is 2.98. The van der Waals surface area contributed by atoms with Crippen molar-refractivity contribution < 1.29 is 22.3 Å². The summed E-state index contributed by atoms with van der Waals surface area (Å²) in [5.74, 6) is -0.299. The van der Waals surface area contributed by atoms with Crippen LogP contribution in [0.15, 0.2) is 29.2 Å². The highest BCUT2D eigenvalue weighted by Crippen LogP contribution is 2.43. The fraction of sp³-hybridized carbons (Fsp3) is 0.667. The Labute approximate surface area is 149 Å². The first kappa shape index (κ1) is 18.8. The summed E-state index contributed by atoms with van der Waals surface area (Å²) in [5.41, 5.74) is -0.252. The van der Waals surface area contributed by atoms with Gasteiger partial charge in [0, 0.05) is 32.9 Å². The highest BCUT2D eigenvalue weighted by atomic mass is 32.2. The lowest BCUT2D eigenvalue weighted by Crippen LogP contribution is -2.49. The smallest absolute Gasteiger partial charge is 0.245 e. The lowest BCUT2D eigenvalue weighted by atomic mass is 9.78. The quantitative estimate of drug-likeness (QED) is 0.722. The van der Waals surface area contributed by atoms with E-state index in [-0.39, 0.29) is 10.5 Å². The molecule has 2 heterocycles. The standard InChI is InChI=1S/C18H26FNO4S/c1-2-23-13-7-15-8-14-24-18(15)9-11-20(12-10-18)25(21,22)17-6-4-3-5-16(17)19/h3-6,15H,2,7-14H2,1H3/t15-/m1/s1. The Bertz CT molecular complexity index is 686. The summed E-state index contributed by atoms with van der Waals surface area (Å²) >= 11 is 0. The van der Waals surface area contributed by atoms with E-state index in [0.717, 1.165) is 19.4 Å². The van der Waals surface area contributed by atoms with Crippen LogP contribution in [0.2, 0.25) is 0 Å². The van der Waals surface area contributed by atoms with Crippen LogP contribution in [0.5, 0.6) is 0 Å². The van der Waals surface area contributed by atoms with Crippen LogP contribution in [-0.2, 0) is 19.5 Å². The number of benzene rings is 1. The van der Waals surface area contributed by atoms with Gasteiger partial charge in [-0.2, -0.15) is 4.31 Å². The van der Waals surface area contributed by atoms with Crippen molar-refractivity contribution in [3.63, 3.8) is 0 Å². The summed E-state index contributed by atoms with van der Waals surface area (Å²) in [7, 11) is -3.80. The van der Waals surface area contributed by atoms with Gasteiger partial charge in [-0.05, 0) is 50.7 Å². The van der Waals surface area contributed by atoms with Crippen molar-refractivity contribution in [2.24, 2.45) is 5.92 Å². The Balaban J connectivity index is 1.68. The molecule has 5 nitrogen and oxygen atoms in total. The molecule has 0 radical (unpaired) electrons. The third kappa shape index (κ3) is 3.74. The van der Waals surface area contributed by atoms with Crippen molar-refractivity contribution in [3.05, 3.63) is 30.1 Å². The Morgan fingerprint density at radius 2 is 2.04 bits per heavy atom. The summed E-state index contributed by atoms with van der Waals surface area (Å²) in [5, 5.41) is 0. The van der Waals surface area contributed by atoms with Crippen LogP contribution < -0.4 is 0 Å². The highest BCUT2D eigenvalue weighted by Gasteiger charge is 2.47. The molecule has 7 heteroatoms. The molecule has 0 saturated carbocycles. The summed E-state index contributed by atoms with van der Waals surface area (Å²) < 4.78 is 52.3. The summed E-state index contributed by atoms with van der Waals surface area (Å²) in [6.07, 6.45) is 3.23. The molecule has 0 bridgehead atoms. The fourth-order valence-electron chi connectivity index (χ4n) is 4.01. The zero-order valence-electron chi connectivity index (χ0n) is 14.6. The molecule has 25 heavy (non-hydrogen) atoms. The lowest BCUT2D eigenvalue weighted by molar-refractivity contribution is -0.0611. The molecule has 1 atom stereocenters. The molecule has 0 amide bonds. The third-order valence-electron chi connectivity index (χ3n) is 5.44. The monoisotopic (exact) mass is 371 g/mol. The predicted molar refractivity (Wildman–Crippen MR) is 92.3 cm³/mol. The number of rotatable bonds is 6. The van der Waals surface area contributed by atoms with Crippen LogP contribution in [-0.4, -0.2) is 51.2 Å². The Morgan fingerprint density at radius 3 is 2.72 bits per heavy atom. The third-order valence-corrected chi connectivity index (χ3v) is 7.37. The van der Waals surface area contributed by atoms with E-state index in [9.17, 15) is 12.8 Å². The Hall–Kier alpha value is -1.02. The maximum Gasteiger partial charge on any atom is 0.245 e. The lowest BCUT2D eigenvalue weighted by Gasteiger charge is -2.41. The average molecular weight is 371 g/mol. The summed E-state index contributed by atoms with van der Waals surface area (Å²) in [6.45, 7) is 4.84. The van der Waals surface area contributed by atoms with Crippen molar-refractivity contribution in [2.45, 2.75) is 43.1 Å². The van der Waals surface area contributed by atoms with E-state index in [4.69, 9.17) is 9.47 Å². The van der Waals surface area contributed by atoms with E-state index in [1.54, 1.807) is 6.07 Å². The minimum absolute atomic E-state index is 0.244. The molecule has 0 N–H and O–H groups in total. The first-order valence-corrected chi connectivity index (χ1v) is 10.4. The van der Waals surface area contributed by atoms with Crippen molar-refractivity contribution in [1.82, 2.24) is 4.31 Å². The Kier molecular flexibility index (Phi) is 5.78. The minimum Gasteiger partial charge on any atom is -0.382 e. The van der Waals surface area contributed by atoms with E-state index in [2.05, 4.69) is 0 Å². The van der Waals surface area contributed by atoms with Gasteiger partial charge >= 0.3 is 0 Å². The topological polar surface area (TPSA) is 55.8 Å². The molecule has 2 saturated heterocycles. The number of hydrogen-bond donors (Lipinski definition) is 0. The van der Waals surface area contributed by atoms with Gasteiger partial charge in [0.25, 0.3) is 0 Å². The second-order valence-corrected chi connectivity index (χ2v) is 8.63. The van der Waals surface area contributed by atoms with Gasteiger partial charge in [-0.3, -0.25) is 0 Å². The van der Waals surface area contributed by atoms with Crippen molar-refractivity contribution in [3.8, 4) is 0 Å². The van der Waals surface area contributed by atoms with E-state index in [1.165, 1.54) is 22.5 Å². The van der Waals surface area contributed by atoms with Crippen LogP contribution in [0, 0.1) is 11.7 Å². The first-order valence-electron chi connectivity index (χ1n) is 8.96.